The summed E-state index contributed by atoms with van der Waals surface area (Å²) in [5.41, 5.74) is 7.47. The first-order valence-electron chi connectivity index (χ1n) is 11.9. The quantitative estimate of drug-likeness (QED) is 0.420. The Morgan fingerprint density at radius 3 is 1.39 bits per heavy atom. The van der Waals surface area contributed by atoms with Gasteiger partial charge in [0.2, 0.25) is 0 Å². The smallest absolute Gasteiger partial charge is 0.0872 e. The van der Waals surface area contributed by atoms with E-state index >= 15 is 0 Å². The molecule has 28 heavy (non-hydrogen) atoms. The maximum Gasteiger partial charge on any atom is 0.0872 e. The van der Waals surface area contributed by atoms with Crippen LogP contribution in [0.3, 0.4) is 0 Å². The molecule has 2 heterocycles. The van der Waals surface area contributed by atoms with E-state index in [9.17, 15) is 0 Å². The van der Waals surface area contributed by atoms with Crippen molar-refractivity contribution in [2.24, 2.45) is 5.73 Å². The summed E-state index contributed by atoms with van der Waals surface area (Å²) in [5, 5.41) is 7.94. The number of hydrogen-bond donors (Lipinski definition) is 1. The van der Waals surface area contributed by atoms with Crippen molar-refractivity contribution in [3.63, 3.8) is 0 Å². The van der Waals surface area contributed by atoms with Gasteiger partial charge in [0.15, 0.2) is 0 Å². The van der Waals surface area contributed by atoms with E-state index in [2.05, 4.69) is 77.4 Å². The molecule has 2 fully saturated rings. The first kappa shape index (κ1) is 24.1. The molecule has 0 radical (unpaired) electrons. The van der Waals surface area contributed by atoms with Gasteiger partial charge in [-0.05, 0) is 100 Å². The molecular weight excluding hydrogens is 344 g/mol. The average molecular weight is 395 g/mol. The summed E-state index contributed by atoms with van der Waals surface area (Å²) in [6.07, 6.45) is 12.3. The van der Waals surface area contributed by atoms with E-state index in [1.54, 1.807) is 0 Å². The molecule has 2 saturated heterocycles. The first-order chi connectivity index (χ1) is 12.8. The Labute approximate surface area is 176 Å². The molecule has 2 N–H and O–H groups in total. The fourth-order valence-electron chi connectivity index (χ4n) is 6.18. The van der Waals surface area contributed by atoms with Gasteiger partial charge in [-0.15, -0.1) is 0 Å². The zero-order chi connectivity index (χ0) is 21.4. The van der Waals surface area contributed by atoms with Crippen molar-refractivity contribution < 1.29 is 0 Å². The number of nitrogens with zero attached hydrogens (tertiary/aromatic N) is 3. The Morgan fingerprint density at radius 1 is 0.714 bits per heavy atom. The zero-order valence-electron chi connectivity index (χ0n) is 20.6. The second-order valence-corrected chi connectivity index (χ2v) is 12.0. The molecule has 4 nitrogen and oxygen atoms in total. The van der Waals surface area contributed by atoms with Gasteiger partial charge < -0.3 is 5.73 Å². The number of hydrazine groups is 2. The monoisotopic (exact) mass is 394 g/mol. The van der Waals surface area contributed by atoms with Crippen molar-refractivity contribution in [1.29, 1.82) is 0 Å². The van der Waals surface area contributed by atoms with Crippen LogP contribution in [0.25, 0.3) is 0 Å². The van der Waals surface area contributed by atoms with Crippen molar-refractivity contribution in [2.45, 2.75) is 155 Å². The van der Waals surface area contributed by atoms with Crippen LogP contribution in [0.15, 0.2) is 0 Å². The standard InChI is InChI=1S/C24H50N4/c1-10-11-12-15-20(25)26(27-21(2,3)16-13-17-22(27,4)5)28-23(6,7)18-14-19-24(28,8)9/h20H,10-19,25H2,1-9H3. The summed E-state index contributed by atoms with van der Waals surface area (Å²) in [5.74, 6) is 0. The lowest BCUT2D eigenvalue weighted by atomic mass is 9.80. The van der Waals surface area contributed by atoms with Gasteiger partial charge in [0.25, 0.3) is 0 Å². The molecular formula is C24H50N4. The molecule has 4 heteroatoms. The van der Waals surface area contributed by atoms with Gasteiger partial charge in [-0.25, -0.2) is 10.0 Å². The summed E-state index contributed by atoms with van der Waals surface area (Å²) < 4.78 is 0. The Kier molecular flexibility index (Phi) is 7.34. The Morgan fingerprint density at radius 2 is 1.07 bits per heavy atom. The summed E-state index contributed by atoms with van der Waals surface area (Å²) >= 11 is 0. The summed E-state index contributed by atoms with van der Waals surface area (Å²) in [7, 11) is 0. The van der Waals surface area contributed by atoms with Gasteiger partial charge >= 0.3 is 0 Å². The number of piperidine rings is 2. The van der Waals surface area contributed by atoms with E-state index < -0.39 is 0 Å². The van der Waals surface area contributed by atoms with Gasteiger partial charge in [-0.1, -0.05) is 26.2 Å². The van der Waals surface area contributed by atoms with Crippen molar-refractivity contribution in [3.8, 4) is 0 Å². The average Bonchev–Trinajstić information content (AvgIpc) is 2.50. The zero-order valence-corrected chi connectivity index (χ0v) is 20.6. The molecule has 1 atom stereocenters. The van der Waals surface area contributed by atoms with E-state index in [-0.39, 0.29) is 28.3 Å². The molecule has 2 rings (SSSR count). The minimum Gasteiger partial charge on any atom is -0.313 e. The molecule has 0 aromatic heterocycles. The highest BCUT2D eigenvalue weighted by Crippen LogP contribution is 2.46. The summed E-state index contributed by atoms with van der Waals surface area (Å²) in [6.45, 7) is 21.6. The molecule has 2 aliphatic rings. The molecule has 2 aliphatic heterocycles. The third-order valence-corrected chi connectivity index (χ3v) is 7.26. The molecule has 0 bridgehead atoms. The van der Waals surface area contributed by atoms with Crippen molar-refractivity contribution in [1.82, 2.24) is 15.1 Å². The van der Waals surface area contributed by atoms with Crippen molar-refractivity contribution in [3.05, 3.63) is 0 Å². The second-order valence-electron chi connectivity index (χ2n) is 12.0. The van der Waals surface area contributed by atoms with Gasteiger partial charge in [0.1, 0.15) is 0 Å². The van der Waals surface area contributed by atoms with Crippen LogP contribution in [0.1, 0.15) is 127 Å². The minimum absolute atomic E-state index is 0.0276. The van der Waals surface area contributed by atoms with Gasteiger partial charge in [0.05, 0.1) is 6.17 Å². The van der Waals surface area contributed by atoms with Crippen LogP contribution in [0, 0.1) is 0 Å². The Bertz CT molecular complexity index is 439. The maximum atomic E-state index is 7.05. The number of nitrogens with two attached hydrogens (primary N) is 1. The summed E-state index contributed by atoms with van der Waals surface area (Å²) in [4.78, 5) is 0. The van der Waals surface area contributed by atoms with Crippen LogP contribution in [-0.4, -0.2) is 43.5 Å². The van der Waals surface area contributed by atoms with Gasteiger partial charge in [-0.3, -0.25) is 0 Å². The molecule has 0 aromatic carbocycles. The predicted octanol–water partition coefficient (Wildman–Crippen LogP) is 6.07. The highest BCUT2D eigenvalue weighted by atomic mass is 15.9. The SMILES string of the molecule is CCCCCC(N)N(N1C(C)(C)CCCC1(C)C)N1C(C)(C)CCCC1(C)C. The van der Waals surface area contributed by atoms with E-state index in [1.165, 1.54) is 57.8 Å². The third kappa shape index (κ3) is 4.94. The first-order valence-corrected chi connectivity index (χ1v) is 11.9. The van der Waals surface area contributed by atoms with E-state index in [0.717, 1.165) is 6.42 Å². The number of unbranched alkanes of at least 4 members (excludes halogenated alkanes) is 2. The number of hydrogen-bond acceptors (Lipinski definition) is 4. The predicted molar refractivity (Wildman–Crippen MR) is 122 cm³/mol. The van der Waals surface area contributed by atoms with Crippen molar-refractivity contribution >= 4 is 0 Å². The second kappa shape index (κ2) is 8.53. The maximum absolute atomic E-state index is 7.05. The molecule has 166 valence electrons. The molecule has 0 saturated carbocycles. The van der Waals surface area contributed by atoms with Crippen LogP contribution >= 0.6 is 0 Å². The Hall–Kier alpha value is -0.160. The van der Waals surface area contributed by atoms with Crippen LogP contribution in [-0.2, 0) is 0 Å². The molecule has 0 spiro atoms. The lowest BCUT2D eigenvalue weighted by Crippen LogP contribution is -2.78. The lowest BCUT2D eigenvalue weighted by Gasteiger charge is -2.66. The molecule has 0 amide bonds. The molecule has 0 aliphatic carbocycles. The third-order valence-electron chi connectivity index (χ3n) is 7.26. The fraction of sp³-hybridized carbons (Fsp3) is 1.00. The highest BCUT2D eigenvalue weighted by Gasteiger charge is 2.53. The Balaban J connectivity index is 2.52. The number of rotatable bonds is 7. The van der Waals surface area contributed by atoms with Gasteiger partial charge in [-0.2, -0.15) is 5.12 Å². The summed E-state index contributed by atoms with van der Waals surface area (Å²) in [6, 6.07) is 0. The molecule has 1 unspecified atom stereocenters. The van der Waals surface area contributed by atoms with Crippen LogP contribution < -0.4 is 5.73 Å². The normalized spacial score (nSPS) is 28.4. The van der Waals surface area contributed by atoms with E-state index in [1.807, 2.05) is 0 Å². The topological polar surface area (TPSA) is 35.7 Å². The fourth-order valence-corrected chi connectivity index (χ4v) is 6.18. The minimum atomic E-state index is 0.0276. The van der Waals surface area contributed by atoms with Crippen LogP contribution in [0.4, 0.5) is 0 Å². The van der Waals surface area contributed by atoms with E-state index in [0.29, 0.717) is 0 Å². The lowest BCUT2D eigenvalue weighted by molar-refractivity contribution is -0.347. The molecule has 0 aromatic rings. The van der Waals surface area contributed by atoms with Crippen LogP contribution in [0.5, 0.6) is 0 Å². The van der Waals surface area contributed by atoms with E-state index in [4.69, 9.17) is 5.73 Å². The highest BCUT2D eigenvalue weighted by molar-refractivity contribution is 5.01. The van der Waals surface area contributed by atoms with Crippen molar-refractivity contribution in [2.75, 3.05) is 0 Å². The van der Waals surface area contributed by atoms with Gasteiger partial charge in [0, 0.05) is 22.2 Å². The largest absolute Gasteiger partial charge is 0.313 e. The van der Waals surface area contributed by atoms with Crippen LogP contribution in [0.2, 0.25) is 0 Å².